The molecule has 0 amide bonds. The van der Waals surface area contributed by atoms with Gasteiger partial charge < -0.3 is 0 Å². The molecule has 0 aliphatic rings. The summed E-state index contributed by atoms with van der Waals surface area (Å²) >= 11 is -2.77. The van der Waals surface area contributed by atoms with Crippen LogP contribution < -0.4 is 13.1 Å². The zero-order chi connectivity index (χ0) is 19.2. The van der Waals surface area contributed by atoms with Gasteiger partial charge in [0.1, 0.15) is 0 Å². The second-order valence-electron chi connectivity index (χ2n) is 6.14. The van der Waals surface area contributed by atoms with Gasteiger partial charge >= 0.3 is 168 Å². The van der Waals surface area contributed by atoms with E-state index in [0.29, 0.717) is 16.5 Å². The van der Waals surface area contributed by atoms with Gasteiger partial charge in [0.05, 0.1) is 0 Å². The van der Waals surface area contributed by atoms with Crippen molar-refractivity contribution < 1.29 is 13.0 Å². The summed E-state index contributed by atoms with van der Waals surface area (Å²) in [6.45, 7) is 0. The Bertz CT molecular complexity index is 850. The molecule has 0 atom stereocenters. The van der Waals surface area contributed by atoms with E-state index < -0.39 is 22.7 Å². The van der Waals surface area contributed by atoms with E-state index in [1.807, 2.05) is 18.2 Å². The van der Waals surface area contributed by atoms with Crippen LogP contribution in [0.25, 0.3) is 0 Å². The zero-order valence-corrected chi connectivity index (χ0v) is 18.3. The van der Waals surface area contributed by atoms with Crippen molar-refractivity contribution in [1.29, 1.82) is 0 Å². The Kier molecular flexibility index (Phi) is 6.82. The van der Waals surface area contributed by atoms with Crippen LogP contribution in [0.5, 0.6) is 0 Å². The zero-order valence-electron chi connectivity index (χ0n) is 14.8. The van der Waals surface area contributed by atoms with Gasteiger partial charge in [0.25, 0.3) is 0 Å². The third-order valence-corrected chi connectivity index (χ3v) is 16.1. The van der Waals surface area contributed by atoms with Gasteiger partial charge in [0, 0.05) is 0 Å². The van der Waals surface area contributed by atoms with Crippen molar-refractivity contribution in [3.63, 3.8) is 0 Å². The fourth-order valence-electron chi connectivity index (χ4n) is 3.35. The molecule has 0 fully saturated rings. The molecule has 3 aromatic carbocycles. The normalized spacial score (nSPS) is 12.0. The summed E-state index contributed by atoms with van der Waals surface area (Å²) in [5, 5.41) is 0.902. The van der Waals surface area contributed by atoms with E-state index in [1.54, 1.807) is 0 Å². The van der Waals surface area contributed by atoms with E-state index in [4.69, 9.17) is 4.55 Å². The van der Waals surface area contributed by atoms with E-state index >= 15 is 0 Å². The molecule has 0 heterocycles. The van der Waals surface area contributed by atoms with Gasteiger partial charge in [-0.2, -0.15) is 0 Å². The van der Waals surface area contributed by atoms with Crippen LogP contribution in [0, 0.1) is 0 Å². The Morgan fingerprint density at radius 1 is 0.704 bits per heavy atom. The molecule has 27 heavy (non-hydrogen) atoms. The molecule has 0 aromatic heterocycles. The number of hydrogen-bond acceptors (Lipinski definition) is 3. The Balaban J connectivity index is 2.08. The molecule has 6 heteroatoms. The third-order valence-electron chi connectivity index (χ3n) is 4.46. The first-order valence-electron chi connectivity index (χ1n) is 8.69. The number of rotatable bonds is 8. The van der Waals surface area contributed by atoms with E-state index in [1.165, 1.54) is 13.1 Å². The number of hydrogen-bond donors (Lipinski definition) is 1. The second-order valence-corrected chi connectivity index (χ2v) is 17.2. The van der Waals surface area contributed by atoms with Crippen molar-refractivity contribution in [2.45, 2.75) is 11.6 Å². The fraction of sp³-hybridized carbons (Fsp3) is 0.143. The van der Waals surface area contributed by atoms with Crippen molar-refractivity contribution in [1.82, 2.24) is 0 Å². The van der Waals surface area contributed by atoms with Gasteiger partial charge in [-0.25, -0.2) is 0 Å². The molecule has 3 rings (SSSR count). The Labute approximate surface area is 167 Å². The Morgan fingerprint density at radius 3 is 1.41 bits per heavy atom. The van der Waals surface area contributed by atoms with Crippen LogP contribution in [0.4, 0.5) is 0 Å². The minimum atomic E-state index is -4.00. The molecule has 0 saturated heterocycles. The summed E-state index contributed by atoms with van der Waals surface area (Å²) in [6.07, 6.45) is 0.718. The number of benzene rings is 3. The molecule has 0 aliphatic carbocycles. The van der Waals surface area contributed by atoms with Gasteiger partial charge in [0.15, 0.2) is 0 Å². The van der Waals surface area contributed by atoms with Gasteiger partial charge in [-0.05, 0) is 0 Å². The van der Waals surface area contributed by atoms with Crippen LogP contribution in [0.1, 0.15) is 6.42 Å². The Hall–Kier alpha value is -1.52. The molecule has 0 bridgehead atoms. The van der Waals surface area contributed by atoms with Gasteiger partial charge in [0.2, 0.25) is 0 Å². The van der Waals surface area contributed by atoms with Crippen LogP contribution in [0.3, 0.4) is 0 Å². The van der Waals surface area contributed by atoms with E-state index in [9.17, 15) is 8.42 Å². The Morgan fingerprint density at radius 2 is 1.07 bits per heavy atom. The molecule has 0 aliphatic heterocycles. The second kappa shape index (κ2) is 9.11. The van der Waals surface area contributed by atoms with E-state index in [0.717, 1.165) is 11.6 Å². The molecule has 0 saturated carbocycles. The van der Waals surface area contributed by atoms with Crippen LogP contribution >= 0.6 is 10.8 Å². The summed E-state index contributed by atoms with van der Waals surface area (Å²) in [5.74, 6) is 0.383. The standard InChI is InChI=1S/C21H21AsO3S2/c23-27(24,25)26-18-10-17-22(19-11-4-1-5-12-19,20-13-6-2-7-14-20)21-15-8-3-9-16-21/h1-9,11-16H,10,17-18H2/p+1. The van der Waals surface area contributed by atoms with Gasteiger partial charge in [-0.3, -0.25) is 0 Å². The molecule has 0 spiro atoms. The molecular formula is C21H22AsO3S2+. The monoisotopic (exact) mass is 461 g/mol. The van der Waals surface area contributed by atoms with Crippen LogP contribution in [0.15, 0.2) is 91.0 Å². The molecule has 3 nitrogen and oxygen atoms in total. The summed E-state index contributed by atoms with van der Waals surface area (Å²) in [7, 11) is -3.38. The molecule has 140 valence electrons. The average Bonchev–Trinajstić information content (AvgIpc) is 2.70. The predicted molar refractivity (Wildman–Crippen MR) is 117 cm³/mol. The maximum absolute atomic E-state index is 11.1. The minimum absolute atomic E-state index is 0.383. The van der Waals surface area contributed by atoms with Gasteiger partial charge in [-0.15, -0.1) is 0 Å². The van der Waals surface area contributed by atoms with Gasteiger partial charge in [-0.1, -0.05) is 0 Å². The molecule has 3 aromatic rings. The predicted octanol–water partition coefficient (Wildman–Crippen LogP) is 3.08. The average molecular weight is 461 g/mol. The summed E-state index contributed by atoms with van der Waals surface area (Å²) in [5.41, 5.74) is 0. The summed E-state index contributed by atoms with van der Waals surface area (Å²) in [6, 6.07) is 31.7. The molecular weight excluding hydrogens is 439 g/mol. The van der Waals surface area contributed by atoms with Crippen molar-refractivity contribution >= 4 is 46.5 Å². The molecule has 0 unspecified atom stereocenters. The first kappa shape index (κ1) is 20.2. The van der Waals surface area contributed by atoms with Crippen LogP contribution in [-0.4, -0.2) is 32.3 Å². The van der Waals surface area contributed by atoms with E-state index in [-0.39, 0.29) is 0 Å². The quantitative estimate of drug-likeness (QED) is 0.243. The van der Waals surface area contributed by atoms with Crippen molar-refractivity contribution in [3.05, 3.63) is 91.0 Å². The summed E-state index contributed by atoms with van der Waals surface area (Å²) < 4.78 is 35.3. The fourth-order valence-corrected chi connectivity index (χ4v) is 14.4. The molecule has 1 N–H and O–H groups in total. The third kappa shape index (κ3) is 5.05. The van der Waals surface area contributed by atoms with Crippen LogP contribution in [-0.2, 0) is 9.15 Å². The van der Waals surface area contributed by atoms with Crippen molar-refractivity contribution in [2.75, 3.05) is 5.75 Å². The first-order chi connectivity index (χ1) is 13.0. The SMILES string of the molecule is O=S(=O)(O)SCCC[As+](c1ccccc1)(c1ccccc1)c1ccccc1. The molecule has 0 radical (unpaired) electrons. The first-order valence-corrected chi connectivity index (χ1v) is 15.8. The van der Waals surface area contributed by atoms with Crippen molar-refractivity contribution in [2.24, 2.45) is 0 Å². The topological polar surface area (TPSA) is 54.4 Å². The maximum atomic E-state index is 11.1. The van der Waals surface area contributed by atoms with Crippen LogP contribution in [0.2, 0.25) is 5.21 Å². The van der Waals surface area contributed by atoms with E-state index in [2.05, 4.69) is 72.8 Å². The van der Waals surface area contributed by atoms with Crippen molar-refractivity contribution in [3.8, 4) is 0 Å². The summed E-state index contributed by atoms with van der Waals surface area (Å²) in [4.78, 5) is 0.